The number of H-pyrrole nitrogens is 1. The van der Waals surface area contributed by atoms with Crippen LogP contribution in [0, 0.1) is 6.92 Å². The highest BCUT2D eigenvalue weighted by Gasteiger charge is 2.27. The van der Waals surface area contributed by atoms with Crippen LogP contribution in [0.3, 0.4) is 0 Å². The lowest BCUT2D eigenvalue weighted by Gasteiger charge is -2.33. The van der Waals surface area contributed by atoms with Crippen LogP contribution in [0.1, 0.15) is 47.1 Å². The third-order valence-corrected chi connectivity index (χ3v) is 8.04. The number of nitrogens with one attached hydrogen (secondary N) is 2. The molecule has 1 saturated heterocycles. The maximum absolute atomic E-state index is 11.7. The van der Waals surface area contributed by atoms with Gasteiger partial charge >= 0.3 is 0 Å². The van der Waals surface area contributed by atoms with E-state index in [0.29, 0.717) is 11.6 Å². The fraction of sp³-hybridized carbons (Fsp3) is 0.267. The number of nitrogens with zero attached hydrogens (tertiary/aromatic N) is 3. The van der Waals surface area contributed by atoms with Crippen LogP contribution < -0.4 is 9.62 Å². The Kier molecular flexibility index (Phi) is 6.27. The van der Waals surface area contributed by atoms with Gasteiger partial charge in [-0.15, -0.1) is 0 Å². The van der Waals surface area contributed by atoms with Gasteiger partial charge in [0, 0.05) is 59.8 Å². The molecule has 2 N–H and O–H groups in total. The molecule has 1 aliphatic heterocycles. The van der Waals surface area contributed by atoms with Crippen LogP contribution in [0.5, 0.6) is 0 Å². The molecule has 2 aliphatic rings. The predicted molar refractivity (Wildman–Crippen MR) is 154 cm³/mol. The van der Waals surface area contributed by atoms with Crippen molar-refractivity contribution < 1.29 is 8.42 Å². The van der Waals surface area contributed by atoms with E-state index in [4.69, 9.17) is 4.98 Å². The van der Waals surface area contributed by atoms with Gasteiger partial charge in [-0.25, -0.2) is 13.4 Å². The molecule has 0 radical (unpaired) electrons. The van der Waals surface area contributed by atoms with E-state index in [2.05, 4.69) is 62.9 Å². The quantitative estimate of drug-likeness (QED) is 0.340. The number of allylic oxidation sites excluding steroid dienone is 1. The number of anilines is 2. The average molecular weight is 526 g/mol. The van der Waals surface area contributed by atoms with Crippen molar-refractivity contribution in [2.45, 2.75) is 32.1 Å². The molecule has 1 aliphatic carbocycles. The zero-order chi connectivity index (χ0) is 26.3. The van der Waals surface area contributed by atoms with E-state index in [9.17, 15) is 8.42 Å². The second-order valence-corrected chi connectivity index (χ2v) is 12.0. The first-order valence-corrected chi connectivity index (χ1v) is 14.9. The Morgan fingerprint density at radius 2 is 1.76 bits per heavy atom. The molecule has 7 nitrogen and oxygen atoms in total. The molecule has 8 heteroatoms. The van der Waals surface area contributed by atoms with Crippen LogP contribution in [0.25, 0.3) is 22.9 Å². The standard InChI is InChI=1S/C30H31N5O2S/c1-20-29(21-7-4-3-5-8-21)33-30(32-20)22-12-15-35(16-13-22)28-11-14-31-27-19-24(18-26(27)28)23-9-6-10-25(17-23)34-38(2,36)37/h3-11,14,17-18,22,34H,12-13,15-16,19H2,1-2H3,(H,32,33). The Morgan fingerprint density at radius 1 is 1.00 bits per heavy atom. The molecule has 4 aromatic rings. The SMILES string of the molecule is Cc1[nH]c(C2CCN(c3ccnc4c3C=C(c3cccc(NS(C)(=O)=O)c3)C4)CC2)nc1-c1ccccc1. The van der Waals surface area contributed by atoms with E-state index in [1.54, 1.807) is 6.07 Å². The minimum Gasteiger partial charge on any atom is -0.371 e. The summed E-state index contributed by atoms with van der Waals surface area (Å²) < 4.78 is 25.9. The molecule has 3 heterocycles. The van der Waals surface area contributed by atoms with Gasteiger partial charge in [0.2, 0.25) is 10.0 Å². The van der Waals surface area contributed by atoms with Crippen molar-refractivity contribution in [3.63, 3.8) is 0 Å². The van der Waals surface area contributed by atoms with Gasteiger partial charge in [0.25, 0.3) is 0 Å². The van der Waals surface area contributed by atoms with Crippen molar-refractivity contribution in [2.24, 2.45) is 0 Å². The maximum atomic E-state index is 11.7. The normalized spacial score (nSPS) is 15.8. The van der Waals surface area contributed by atoms with Gasteiger partial charge in [0.15, 0.2) is 0 Å². The van der Waals surface area contributed by atoms with Gasteiger partial charge in [-0.1, -0.05) is 42.5 Å². The minimum absolute atomic E-state index is 0.411. The highest BCUT2D eigenvalue weighted by atomic mass is 32.2. The second-order valence-electron chi connectivity index (χ2n) is 10.2. The Morgan fingerprint density at radius 3 is 2.53 bits per heavy atom. The van der Waals surface area contributed by atoms with Crippen LogP contribution in [0.2, 0.25) is 0 Å². The summed E-state index contributed by atoms with van der Waals surface area (Å²) in [5, 5.41) is 0. The average Bonchev–Trinajstić information content (AvgIpc) is 3.52. The van der Waals surface area contributed by atoms with Crippen molar-refractivity contribution in [2.75, 3.05) is 29.0 Å². The van der Waals surface area contributed by atoms with Gasteiger partial charge in [-0.2, -0.15) is 0 Å². The molecule has 0 bridgehead atoms. The maximum Gasteiger partial charge on any atom is 0.229 e. The summed E-state index contributed by atoms with van der Waals surface area (Å²) in [7, 11) is -3.33. The first-order chi connectivity index (χ1) is 18.3. The van der Waals surface area contributed by atoms with Gasteiger partial charge in [0.1, 0.15) is 5.82 Å². The largest absolute Gasteiger partial charge is 0.371 e. The Bertz CT molecular complexity index is 1620. The van der Waals surface area contributed by atoms with Crippen LogP contribution in [-0.4, -0.2) is 42.7 Å². The number of sulfonamides is 1. The molecule has 0 spiro atoms. The second kappa shape index (κ2) is 9.76. The molecule has 0 saturated carbocycles. The predicted octanol–water partition coefficient (Wildman–Crippen LogP) is 5.63. The third kappa shape index (κ3) is 4.96. The zero-order valence-corrected chi connectivity index (χ0v) is 22.4. The molecule has 38 heavy (non-hydrogen) atoms. The molecule has 0 atom stereocenters. The summed E-state index contributed by atoms with van der Waals surface area (Å²) in [6, 6.07) is 20.0. The summed E-state index contributed by atoms with van der Waals surface area (Å²) in [6.07, 6.45) is 8.09. The zero-order valence-electron chi connectivity index (χ0n) is 21.6. The van der Waals surface area contributed by atoms with Gasteiger partial charge in [-0.3, -0.25) is 9.71 Å². The summed E-state index contributed by atoms with van der Waals surface area (Å²) >= 11 is 0. The van der Waals surface area contributed by atoms with E-state index >= 15 is 0 Å². The first-order valence-electron chi connectivity index (χ1n) is 13.0. The summed E-state index contributed by atoms with van der Waals surface area (Å²) in [5.74, 6) is 1.50. The van der Waals surface area contributed by atoms with Crippen LogP contribution in [0.4, 0.5) is 11.4 Å². The fourth-order valence-electron chi connectivity index (χ4n) is 5.61. The number of fused-ring (bicyclic) bond motifs is 1. The van der Waals surface area contributed by atoms with Crippen molar-refractivity contribution in [1.82, 2.24) is 15.0 Å². The summed E-state index contributed by atoms with van der Waals surface area (Å²) in [5.41, 5.74) is 9.48. The molecule has 2 aromatic carbocycles. The number of rotatable bonds is 6. The number of imidazole rings is 1. The van der Waals surface area contributed by atoms with Crippen molar-refractivity contribution >= 4 is 33.0 Å². The number of hydrogen-bond acceptors (Lipinski definition) is 5. The molecule has 1 fully saturated rings. The molecule has 6 rings (SSSR count). The Hall–Kier alpha value is -3.91. The van der Waals surface area contributed by atoms with E-state index in [-0.39, 0.29) is 0 Å². The van der Waals surface area contributed by atoms with Crippen LogP contribution in [0.15, 0.2) is 66.9 Å². The van der Waals surface area contributed by atoms with E-state index in [0.717, 1.165) is 72.0 Å². The molecule has 0 unspecified atom stereocenters. The van der Waals surface area contributed by atoms with Gasteiger partial charge < -0.3 is 9.88 Å². The minimum atomic E-state index is -3.33. The molecular formula is C30H31N5O2S. The Balaban J connectivity index is 1.19. The monoisotopic (exact) mass is 525 g/mol. The van der Waals surface area contributed by atoms with Crippen LogP contribution in [-0.2, 0) is 16.4 Å². The van der Waals surface area contributed by atoms with E-state index in [1.165, 1.54) is 17.5 Å². The summed E-state index contributed by atoms with van der Waals surface area (Å²) in [4.78, 5) is 15.7. The van der Waals surface area contributed by atoms with Crippen LogP contribution >= 0.6 is 0 Å². The third-order valence-electron chi connectivity index (χ3n) is 7.44. The summed E-state index contributed by atoms with van der Waals surface area (Å²) in [6.45, 7) is 4.02. The van der Waals surface area contributed by atoms with Gasteiger partial charge in [-0.05, 0) is 55.2 Å². The fourth-order valence-corrected chi connectivity index (χ4v) is 6.17. The molecule has 2 aromatic heterocycles. The Labute approximate surface area is 223 Å². The number of aryl methyl sites for hydroxylation is 1. The van der Waals surface area contributed by atoms with Gasteiger partial charge in [0.05, 0.1) is 17.6 Å². The highest BCUT2D eigenvalue weighted by Crippen LogP contribution is 2.39. The number of benzene rings is 2. The number of hydrogen-bond donors (Lipinski definition) is 2. The smallest absolute Gasteiger partial charge is 0.229 e. The van der Waals surface area contributed by atoms with Crippen molar-refractivity contribution in [3.05, 3.63) is 95.2 Å². The molecular weight excluding hydrogens is 494 g/mol. The van der Waals surface area contributed by atoms with Crippen molar-refractivity contribution in [1.29, 1.82) is 0 Å². The lowest BCUT2D eigenvalue weighted by molar-refractivity contribution is 0.488. The van der Waals surface area contributed by atoms with E-state index < -0.39 is 10.0 Å². The number of pyridine rings is 1. The molecule has 0 amide bonds. The van der Waals surface area contributed by atoms with Crippen molar-refractivity contribution in [3.8, 4) is 11.3 Å². The lowest BCUT2D eigenvalue weighted by atomic mass is 9.95. The topological polar surface area (TPSA) is 91.0 Å². The number of aromatic nitrogens is 3. The first kappa shape index (κ1) is 24.4. The molecule has 194 valence electrons. The lowest BCUT2D eigenvalue weighted by Crippen LogP contribution is -2.33. The highest BCUT2D eigenvalue weighted by molar-refractivity contribution is 7.92. The number of piperidine rings is 1. The van der Waals surface area contributed by atoms with E-state index in [1.807, 2.05) is 30.5 Å². The number of aromatic amines is 1.